The Bertz CT molecular complexity index is 2960. The zero-order chi connectivity index (χ0) is 46.3. The molecule has 2 aromatic heterocycles. The van der Waals surface area contributed by atoms with E-state index in [1.165, 1.54) is 42.7 Å². The summed E-state index contributed by atoms with van der Waals surface area (Å²) in [6.07, 6.45) is 1.10. The van der Waals surface area contributed by atoms with Crippen molar-refractivity contribution in [2.45, 2.75) is 0 Å². The topological polar surface area (TPSA) is 113 Å². The van der Waals surface area contributed by atoms with Gasteiger partial charge in [0, 0.05) is 28.3 Å². The van der Waals surface area contributed by atoms with Crippen molar-refractivity contribution in [1.29, 1.82) is 0 Å². The minimum absolute atomic E-state index is 0.111. The lowest BCUT2D eigenvalue weighted by atomic mass is 9.91. The summed E-state index contributed by atoms with van der Waals surface area (Å²) in [5.74, 6) is 1.23. The molecule has 8 aromatic rings. The summed E-state index contributed by atoms with van der Waals surface area (Å²) in [6.45, 7) is 0. The molecule has 0 radical (unpaired) electrons. The Labute approximate surface area is 381 Å². The molecule has 0 atom stereocenters. The molecule has 66 heavy (non-hydrogen) atoms. The fourth-order valence-electron chi connectivity index (χ4n) is 8.28. The molecule has 0 unspecified atom stereocenters. The number of aromatic amines is 2. The van der Waals surface area contributed by atoms with Crippen molar-refractivity contribution in [3.63, 3.8) is 0 Å². The van der Waals surface area contributed by atoms with E-state index in [9.17, 15) is 8.63 Å². The molecule has 13 heteroatoms. The van der Waals surface area contributed by atoms with Crippen LogP contribution in [-0.2, 0) is 4.65 Å². The van der Waals surface area contributed by atoms with Crippen molar-refractivity contribution in [2.24, 2.45) is 0 Å². The van der Waals surface area contributed by atoms with Crippen LogP contribution in [0.1, 0.15) is 16.2 Å². The Morgan fingerprint density at radius 2 is 0.773 bits per heavy atom. The van der Waals surface area contributed by atoms with E-state index in [0.29, 0.717) is 90.4 Å². The van der Waals surface area contributed by atoms with Crippen molar-refractivity contribution in [1.82, 2.24) is 9.97 Å². The summed E-state index contributed by atoms with van der Waals surface area (Å²) in [5, 5.41) is 0. The van der Waals surface area contributed by atoms with E-state index < -0.39 is 19.0 Å². The highest BCUT2D eigenvalue weighted by Crippen LogP contribution is 2.51. The van der Waals surface area contributed by atoms with Crippen molar-refractivity contribution in [2.75, 3.05) is 42.7 Å². The average molecular weight is 887 g/mol. The maximum Gasteiger partial charge on any atom is 0.796 e. The van der Waals surface area contributed by atoms with E-state index >= 15 is 4.79 Å². The number of hydrogen-bond donors (Lipinski definition) is 2. The van der Waals surface area contributed by atoms with Crippen LogP contribution in [0.25, 0.3) is 72.8 Å². The van der Waals surface area contributed by atoms with Gasteiger partial charge in [0.1, 0.15) is 5.76 Å². The molecule has 0 saturated heterocycles. The molecule has 332 valence electrons. The molecule has 10 nitrogen and oxygen atoms in total. The van der Waals surface area contributed by atoms with E-state index in [1.54, 1.807) is 24.3 Å². The van der Waals surface area contributed by atoms with E-state index in [0.717, 1.165) is 17.2 Å². The SMILES string of the molecule is COc1cc(-c2c(-c3ccccc3)[nH]c(C(=O)/C=C(\OB(F)F)c3[nH]c(-c4ccccc4)c(-c4cc(OC)c(OC)c(OC)c4)c3-c3ccccc3)c2-c2ccccc2)cc(OC)c1OC. The van der Waals surface area contributed by atoms with Crippen LogP contribution < -0.4 is 28.4 Å². The van der Waals surface area contributed by atoms with Gasteiger partial charge in [-0.2, -0.15) is 0 Å². The highest BCUT2D eigenvalue weighted by atomic mass is 19.2. The highest BCUT2D eigenvalue weighted by Gasteiger charge is 2.32. The molecule has 0 amide bonds. The summed E-state index contributed by atoms with van der Waals surface area (Å²) < 4.78 is 69.8. The Hall–Kier alpha value is -8.19. The number of H-pyrrole nitrogens is 2. The molecular weight excluding hydrogens is 841 g/mol. The molecule has 0 fully saturated rings. The van der Waals surface area contributed by atoms with Crippen LogP contribution in [0.4, 0.5) is 8.63 Å². The predicted molar refractivity (Wildman–Crippen MR) is 255 cm³/mol. The van der Waals surface area contributed by atoms with Gasteiger partial charge < -0.3 is 43.0 Å². The van der Waals surface area contributed by atoms with E-state index in [2.05, 4.69) is 9.97 Å². The van der Waals surface area contributed by atoms with E-state index in [-0.39, 0.29) is 11.4 Å². The summed E-state index contributed by atoms with van der Waals surface area (Å²) in [6, 6.07) is 44.7. The van der Waals surface area contributed by atoms with E-state index in [1.807, 2.05) is 121 Å². The molecular formula is C53H45BF2N2O8. The van der Waals surface area contributed by atoms with Gasteiger partial charge in [0.15, 0.2) is 23.0 Å². The van der Waals surface area contributed by atoms with Crippen molar-refractivity contribution in [3.05, 3.63) is 163 Å². The summed E-state index contributed by atoms with van der Waals surface area (Å²) >= 11 is 0. The van der Waals surface area contributed by atoms with E-state index in [4.69, 9.17) is 33.1 Å². The molecule has 2 heterocycles. The molecule has 0 aliphatic rings. The normalized spacial score (nSPS) is 11.2. The second-order valence-corrected chi connectivity index (χ2v) is 14.8. The lowest BCUT2D eigenvalue weighted by Crippen LogP contribution is -2.08. The Balaban J connectivity index is 1.45. The number of allylic oxidation sites excluding steroid dienone is 1. The van der Waals surface area contributed by atoms with Crippen molar-refractivity contribution < 1.29 is 46.5 Å². The third-order valence-electron chi connectivity index (χ3n) is 11.1. The quantitative estimate of drug-likeness (QED) is 0.0402. The number of carbonyl (C=O) groups is 1. The number of nitrogens with one attached hydrogen (secondary N) is 2. The maximum absolute atomic E-state index is 15.3. The Morgan fingerprint density at radius 3 is 1.11 bits per heavy atom. The van der Waals surface area contributed by atoms with Gasteiger partial charge in [0.25, 0.3) is 0 Å². The summed E-state index contributed by atoms with van der Waals surface area (Å²) in [4.78, 5) is 22.2. The second kappa shape index (κ2) is 19.7. The first kappa shape index (κ1) is 44.4. The zero-order valence-corrected chi connectivity index (χ0v) is 37.0. The number of benzene rings is 6. The standard InChI is InChI=1S/C53H45BF2N2O8/c1-60-40-27-36(28-41(61-2)52(40)64-5)46-44(32-19-11-7-12-20-32)50(57-48(46)34-23-15-9-16-24-34)38(59)31-39(66-54(55)56)51-45(33-21-13-8-14-22-33)47(49(58-51)35-25-17-10-18-26-35)37-29-42(62-3)53(65-6)43(30-37)63-4/h7-31,57-58H,1-6H3/b39-31-. The maximum atomic E-state index is 15.3. The van der Waals surface area contributed by atoms with Crippen LogP contribution in [0.3, 0.4) is 0 Å². The van der Waals surface area contributed by atoms with Gasteiger partial charge in [-0.25, -0.2) is 8.63 Å². The molecule has 2 N–H and O–H groups in total. The minimum Gasteiger partial charge on any atom is -0.503 e. The lowest BCUT2D eigenvalue weighted by molar-refractivity contribution is 0.104. The van der Waals surface area contributed by atoms with Gasteiger partial charge in [-0.1, -0.05) is 121 Å². The number of ether oxygens (including phenoxy) is 6. The molecule has 0 spiro atoms. The first-order valence-electron chi connectivity index (χ1n) is 20.8. The third kappa shape index (κ3) is 8.58. The minimum atomic E-state index is -3.33. The van der Waals surface area contributed by atoms with Crippen LogP contribution >= 0.6 is 0 Å². The van der Waals surface area contributed by atoms with Gasteiger partial charge in [-0.15, -0.1) is 0 Å². The smallest absolute Gasteiger partial charge is 0.503 e. The van der Waals surface area contributed by atoms with Gasteiger partial charge in [-0.3, -0.25) is 4.79 Å². The molecule has 8 rings (SSSR count). The van der Waals surface area contributed by atoms with Crippen LogP contribution in [0.2, 0.25) is 0 Å². The molecule has 0 bridgehead atoms. The number of halogens is 2. The number of rotatable bonds is 17. The number of aromatic nitrogens is 2. The summed E-state index contributed by atoms with van der Waals surface area (Å²) in [7, 11) is 5.80. The highest BCUT2D eigenvalue weighted by molar-refractivity contribution is 6.36. The Kier molecular flexibility index (Phi) is 13.3. The average Bonchev–Trinajstić information content (AvgIpc) is 3.97. The fourth-order valence-corrected chi connectivity index (χ4v) is 8.28. The summed E-state index contributed by atoms with van der Waals surface area (Å²) in [5.41, 5.74) is 7.59. The Morgan fingerprint density at radius 1 is 0.439 bits per heavy atom. The zero-order valence-electron chi connectivity index (χ0n) is 37.0. The first-order valence-corrected chi connectivity index (χ1v) is 20.8. The number of carbonyl (C=O) groups excluding carboxylic acids is 1. The monoisotopic (exact) mass is 886 g/mol. The van der Waals surface area contributed by atoms with Crippen LogP contribution in [0.5, 0.6) is 34.5 Å². The number of ketones is 1. The van der Waals surface area contributed by atoms with Gasteiger partial charge in [0.05, 0.1) is 65.4 Å². The van der Waals surface area contributed by atoms with Crippen LogP contribution in [0, 0.1) is 0 Å². The third-order valence-corrected chi connectivity index (χ3v) is 11.1. The number of methoxy groups -OCH3 is 6. The largest absolute Gasteiger partial charge is 0.796 e. The molecule has 0 aliphatic heterocycles. The predicted octanol–water partition coefficient (Wildman–Crippen LogP) is 12.6. The van der Waals surface area contributed by atoms with Crippen LogP contribution in [0.15, 0.2) is 152 Å². The van der Waals surface area contributed by atoms with Gasteiger partial charge in [-0.05, 0) is 57.6 Å². The van der Waals surface area contributed by atoms with Crippen molar-refractivity contribution >= 4 is 19.0 Å². The van der Waals surface area contributed by atoms with Gasteiger partial charge >= 0.3 is 7.47 Å². The molecule has 0 aliphatic carbocycles. The van der Waals surface area contributed by atoms with Gasteiger partial charge in [0.2, 0.25) is 17.3 Å². The first-order chi connectivity index (χ1) is 32.2. The number of hydrogen-bond acceptors (Lipinski definition) is 8. The molecule has 0 saturated carbocycles. The molecule has 6 aromatic carbocycles. The van der Waals surface area contributed by atoms with Crippen molar-refractivity contribution in [3.8, 4) is 102 Å². The fraction of sp³-hybridized carbons (Fsp3) is 0.113. The lowest BCUT2D eigenvalue weighted by Gasteiger charge is -2.16. The van der Waals surface area contributed by atoms with Crippen LogP contribution in [-0.4, -0.2) is 65.9 Å². The second-order valence-electron chi connectivity index (χ2n) is 14.8.